The minimum atomic E-state index is 0.244. The van der Waals surface area contributed by atoms with Gasteiger partial charge in [0.2, 0.25) is 0 Å². The van der Waals surface area contributed by atoms with Crippen molar-refractivity contribution < 1.29 is 4.74 Å². The molecule has 0 bridgehead atoms. The van der Waals surface area contributed by atoms with E-state index in [0.29, 0.717) is 0 Å². The van der Waals surface area contributed by atoms with Gasteiger partial charge in [-0.15, -0.1) is 11.3 Å². The van der Waals surface area contributed by atoms with Crippen LogP contribution in [-0.2, 0) is 11.2 Å². The maximum atomic E-state index is 5.41. The number of nitrogens with zero attached hydrogens (tertiary/aromatic N) is 1. The third-order valence-corrected chi connectivity index (χ3v) is 2.75. The molecule has 0 fully saturated rings. The molecule has 4 heteroatoms. The highest BCUT2D eigenvalue weighted by Gasteiger charge is 2.03. The molecule has 1 aromatic heterocycles. The van der Waals surface area contributed by atoms with Crippen LogP contribution in [0.1, 0.15) is 26.5 Å². The van der Waals surface area contributed by atoms with E-state index in [-0.39, 0.29) is 6.10 Å². The predicted octanol–water partition coefficient (Wildman–Crippen LogP) is 2.54. The van der Waals surface area contributed by atoms with E-state index in [4.69, 9.17) is 4.74 Å². The van der Waals surface area contributed by atoms with E-state index in [1.807, 2.05) is 6.92 Å². The van der Waals surface area contributed by atoms with Crippen molar-refractivity contribution >= 4 is 16.5 Å². The molecule has 14 heavy (non-hydrogen) atoms. The molecular weight excluding hydrogens is 196 g/mol. The third-order valence-electron chi connectivity index (χ3n) is 1.91. The summed E-state index contributed by atoms with van der Waals surface area (Å²) in [5.41, 5.74) is 1.15. The van der Waals surface area contributed by atoms with Crippen LogP contribution in [0.15, 0.2) is 5.38 Å². The van der Waals surface area contributed by atoms with Gasteiger partial charge in [0, 0.05) is 18.5 Å². The minimum absolute atomic E-state index is 0.244. The van der Waals surface area contributed by atoms with Crippen LogP contribution in [0.4, 0.5) is 5.13 Å². The second-order valence-corrected chi connectivity index (χ2v) is 4.00. The molecule has 0 aliphatic heterocycles. The third kappa shape index (κ3) is 3.64. The summed E-state index contributed by atoms with van der Waals surface area (Å²) in [5, 5.41) is 6.35. The first-order chi connectivity index (χ1) is 6.76. The zero-order valence-electron chi connectivity index (χ0n) is 9.04. The summed E-state index contributed by atoms with van der Waals surface area (Å²) >= 11 is 1.66. The average Bonchev–Trinajstić information content (AvgIpc) is 2.63. The van der Waals surface area contributed by atoms with Gasteiger partial charge in [-0.05, 0) is 20.3 Å². The van der Waals surface area contributed by atoms with Gasteiger partial charge in [-0.3, -0.25) is 0 Å². The number of ether oxygens (including phenoxy) is 1. The molecule has 1 N–H and O–H groups in total. The zero-order valence-corrected chi connectivity index (χ0v) is 9.86. The van der Waals surface area contributed by atoms with Gasteiger partial charge in [0.1, 0.15) is 0 Å². The smallest absolute Gasteiger partial charge is 0.182 e. The van der Waals surface area contributed by atoms with Crippen LogP contribution in [0.2, 0.25) is 0 Å². The molecule has 1 heterocycles. The summed E-state index contributed by atoms with van der Waals surface area (Å²) in [6.07, 6.45) is 1.24. The fourth-order valence-electron chi connectivity index (χ4n) is 1.13. The van der Waals surface area contributed by atoms with E-state index in [1.54, 1.807) is 11.3 Å². The molecule has 0 spiro atoms. The average molecular weight is 214 g/mol. The zero-order chi connectivity index (χ0) is 10.4. The first-order valence-electron chi connectivity index (χ1n) is 5.06. The molecule has 1 unspecified atom stereocenters. The van der Waals surface area contributed by atoms with Gasteiger partial charge in [0.25, 0.3) is 0 Å². The van der Waals surface area contributed by atoms with Gasteiger partial charge < -0.3 is 10.1 Å². The van der Waals surface area contributed by atoms with Crippen LogP contribution < -0.4 is 5.32 Å². The standard InChI is InChI=1S/C10H18N2OS/c1-4-9-7-14-10(12-9)11-6-8(3)13-5-2/h7-8H,4-6H2,1-3H3,(H,11,12). The van der Waals surface area contributed by atoms with Crippen molar-refractivity contribution in [1.82, 2.24) is 4.98 Å². The Morgan fingerprint density at radius 3 is 2.93 bits per heavy atom. The maximum absolute atomic E-state index is 5.41. The molecule has 3 nitrogen and oxygen atoms in total. The highest BCUT2D eigenvalue weighted by Crippen LogP contribution is 2.15. The highest BCUT2D eigenvalue weighted by atomic mass is 32.1. The Morgan fingerprint density at radius 2 is 2.36 bits per heavy atom. The molecule has 0 saturated carbocycles. The molecule has 1 aromatic rings. The first kappa shape index (κ1) is 11.5. The van der Waals surface area contributed by atoms with Crippen molar-refractivity contribution in [2.45, 2.75) is 33.3 Å². The van der Waals surface area contributed by atoms with Crippen LogP contribution in [0.3, 0.4) is 0 Å². The second kappa shape index (κ2) is 5.98. The highest BCUT2D eigenvalue weighted by molar-refractivity contribution is 7.13. The van der Waals surface area contributed by atoms with Gasteiger partial charge in [-0.2, -0.15) is 0 Å². The van der Waals surface area contributed by atoms with Crippen molar-refractivity contribution in [2.24, 2.45) is 0 Å². The maximum Gasteiger partial charge on any atom is 0.182 e. The molecule has 0 aliphatic carbocycles. The number of hydrogen-bond donors (Lipinski definition) is 1. The topological polar surface area (TPSA) is 34.1 Å². The quantitative estimate of drug-likeness (QED) is 0.790. The van der Waals surface area contributed by atoms with Crippen molar-refractivity contribution in [3.63, 3.8) is 0 Å². The minimum Gasteiger partial charge on any atom is -0.377 e. The monoisotopic (exact) mass is 214 g/mol. The van der Waals surface area contributed by atoms with Gasteiger partial charge in [-0.25, -0.2) is 4.98 Å². The van der Waals surface area contributed by atoms with Gasteiger partial charge in [-0.1, -0.05) is 6.92 Å². The molecule has 80 valence electrons. The summed E-state index contributed by atoms with van der Waals surface area (Å²) in [5.74, 6) is 0. The van der Waals surface area contributed by atoms with Gasteiger partial charge >= 0.3 is 0 Å². The number of aryl methyl sites for hydroxylation is 1. The predicted molar refractivity (Wildman–Crippen MR) is 61.1 cm³/mol. The number of anilines is 1. The lowest BCUT2D eigenvalue weighted by molar-refractivity contribution is 0.0855. The fourth-order valence-corrected chi connectivity index (χ4v) is 1.93. The van der Waals surface area contributed by atoms with Crippen LogP contribution in [0.25, 0.3) is 0 Å². The summed E-state index contributed by atoms with van der Waals surface area (Å²) in [4.78, 5) is 4.41. The largest absolute Gasteiger partial charge is 0.377 e. The van der Waals surface area contributed by atoms with Crippen molar-refractivity contribution in [2.75, 3.05) is 18.5 Å². The Bertz CT molecular complexity index is 262. The Labute approximate surface area is 89.5 Å². The van der Waals surface area contributed by atoms with E-state index < -0.39 is 0 Å². The van der Waals surface area contributed by atoms with E-state index in [9.17, 15) is 0 Å². The second-order valence-electron chi connectivity index (χ2n) is 3.14. The first-order valence-corrected chi connectivity index (χ1v) is 5.94. The van der Waals surface area contributed by atoms with Gasteiger partial charge in [0.05, 0.1) is 11.8 Å². The Morgan fingerprint density at radius 1 is 1.57 bits per heavy atom. The number of aromatic nitrogens is 1. The lowest BCUT2D eigenvalue weighted by Crippen LogP contribution is -2.19. The molecule has 0 aromatic carbocycles. The van der Waals surface area contributed by atoms with E-state index in [2.05, 4.69) is 29.5 Å². The molecule has 1 rings (SSSR count). The Hall–Kier alpha value is -0.610. The van der Waals surface area contributed by atoms with E-state index >= 15 is 0 Å². The fraction of sp³-hybridized carbons (Fsp3) is 0.700. The number of hydrogen-bond acceptors (Lipinski definition) is 4. The van der Waals surface area contributed by atoms with Crippen molar-refractivity contribution in [3.05, 3.63) is 11.1 Å². The van der Waals surface area contributed by atoms with Crippen LogP contribution in [-0.4, -0.2) is 24.2 Å². The normalized spacial score (nSPS) is 12.8. The number of thiazole rings is 1. The molecule has 1 atom stereocenters. The summed E-state index contributed by atoms with van der Waals surface area (Å²) < 4.78 is 5.41. The molecule has 0 saturated heterocycles. The summed E-state index contributed by atoms with van der Waals surface area (Å²) in [6.45, 7) is 7.77. The molecule has 0 radical (unpaired) electrons. The number of rotatable bonds is 6. The SMILES string of the molecule is CCOC(C)CNc1nc(CC)cs1. The van der Waals surface area contributed by atoms with E-state index in [1.165, 1.54) is 0 Å². The number of nitrogens with one attached hydrogen (secondary N) is 1. The van der Waals surface area contributed by atoms with E-state index in [0.717, 1.165) is 30.4 Å². The van der Waals surface area contributed by atoms with Crippen LogP contribution in [0.5, 0.6) is 0 Å². The van der Waals surface area contributed by atoms with Gasteiger partial charge in [0.15, 0.2) is 5.13 Å². The lowest BCUT2D eigenvalue weighted by Gasteiger charge is -2.11. The van der Waals surface area contributed by atoms with Crippen molar-refractivity contribution in [1.29, 1.82) is 0 Å². The molecule has 0 amide bonds. The van der Waals surface area contributed by atoms with Crippen LogP contribution >= 0.6 is 11.3 Å². The summed E-state index contributed by atoms with van der Waals surface area (Å²) in [6, 6.07) is 0. The van der Waals surface area contributed by atoms with Crippen molar-refractivity contribution in [3.8, 4) is 0 Å². The lowest BCUT2D eigenvalue weighted by atomic mass is 10.4. The van der Waals surface area contributed by atoms with Crippen LogP contribution in [0, 0.1) is 0 Å². The Balaban J connectivity index is 2.30. The Kier molecular flexibility index (Phi) is 4.90. The summed E-state index contributed by atoms with van der Waals surface area (Å²) in [7, 11) is 0. The molecule has 0 aliphatic rings. The molecular formula is C10H18N2OS.